The molecule has 0 spiro atoms. The lowest BCUT2D eigenvalue weighted by Crippen LogP contribution is -2.16. The van der Waals surface area contributed by atoms with Crippen LogP contribution >= 0.6 is 0 Å². The highest BCUT2D eigenvalue weighted by Gasteiger charge is 2.17. The molecule has 2 unspecified atom stereocenters. The molecule has 0 rings (SSSR count). The lowest BCUT2D eigenvalue weighted by Gasteiger charge is -2.12. The first-order chi connectivity index (χ1) is 7.51. The molecule has 2 heteroatoms. The van der Waals surface area contributed by atoms with Gasteiger partial charge in [0.2, 0.25) is 0 Å². The average Bonchev–Trinajstić information content (AvgIpc) is 2.24. The van der Waals surface area contributed by atoms with Crippen LogP contribution in [0, 0.1) is 11.8 Å². The molecule has 2 atom stereocenters. The first-order valence-corrected chi connectivity index (χ1v) is 6.53. The summed E-state index contributed by atoms with van der Waals surface area (Å²) < 4.78 is 0. The fourth-order valence-electron chi connectivity index (χ4n) is 1.87. The monoisotopic (exact) mass is 226 g/mol. The van der Waals surface area contributed by atoms with Crippen LogP contribution in [-0.2, 0) is 9.59 Å². The van der Waals surface area contributed by atoms with Gasteiger partial charge < -0.3 is 4.79 Å². The van der Waals surface area contributed by atoms with Crippen molar-refractivity contribution in [1.29, 1.82) is 0 Å². The summed E-state index contributed by atoms with van der Waals surface area (Å²) in [5, 5.41) is 0. The van der Waals surface area contributed by atoms with E-state index < -0.39 is 0 Å². The highest BCUT2D eigenvalue weighted by Crippen LogP contribution is 2.17. The number of carbonyl (C=O) groups is 2. The molecule has 0 amide bonds. The van der Waals surface area contributed by atoms with Crippen molar-refractivity contribution >= 4 is 11.6 Å². The van der Waals surface area contributed by atoms with E-state index in [1.807, 2.05) is 6.92 Å². The van der Waals surface area contributed by atoms with Gasteiger partial charge in [0.15, 0.2) is 0 Å². The Hall–Kier alpha value is -0.660. The van der Waals surface area contributed by atoms with E-state index in [9.17, 15) is 9.59 Å². The van der Waals surface area contributed by atoms with Crippen LogP contribution in [0.4, 0.5) is 0 Å². The second-order valence-electron chi connectivity index (χ2n) is 4.88. The zero-order valence-electron chi connectivity index (χ0n) is 11.2. The van der Waals surface area contributed by atoms with Crippen LogP contribution in [0.1, 0.15) is 66.2 Å². The van der Waals surface area contributed by atoms with E-state index in [-0.39, 0.29) is 17.5 Å². The summed E-state index contributed by atoms with van der Waals surface area (Å²) in [4.78, 5) is 22.8. The third kappa shape index (κ3) is 6.76. The Morgan fingerprint density at radius 2 is 1.75 bits per heavy atom. The van der Waals surface area contributed by atoms with E-state index in [1.54, 1.807) is 6.92 Å². The number of Topliss-reactive ketones (excluding diaryl/α,β-unsaturated/α-hetero) is 2. The molecule has 0 fully saturated rings. The van der Waals surface area contributed by atoms with Crippen molar-refractivity contribution in [2.75, 3.05) is 0 Å². The Kier molecular flexibility index (Phi) is 8.14. The normalized spacial score (nSPS) is 14.5. The summed E-state index contributed by atoms with van der Waals surface area (Å²) in [6, 6.07) is 0. The fraction of sp³-hybridized carbons (Fsp3) is 0.857. The summed E-state index contributed by atoms with van der Waals surface area (Å²) in [7, 11) is 0. The Bertz CT molecular complexity index is 221. The van der Waals surface area contributed by atoms with Crippen LogP contribution in [0.3, 0.4) is 0 Å². The summed E-state index contributed by atoms with van der Waals surface area (Å²) in [5.41, 5.74) is 0. The van der Waals surface area contributed by atoms with Crippen molar-refractivity contribution in [3.05, 3.63) is 0 Å². The second-order valence-corrected chi connectivity index (χ2v) is 4.88. The molecule has 0 radical (unpaired) electrons. The van der Waals surface area contributed by atoms with E-state index in [2.05, 4.69) is 13.8 Å². The van der Waals surface area contributed by atoms with Gasteiger partial charge in [-0.3, -0.25) is 4.79 Å². The van der Waals surface area contributed by atoms with Gasteiger partial charge in [0.05, 0.1) is 0 Å². The topological polar surface area (TPSA) is 34.1 Å². The third-order valence-electron chi connectivity index (χ3n) is 3.30. The number of hydrogen-bond donors (Lipinski definition) is 0. The SMILES string of the molecule is CCC(C)CCCC(=O)C(CC)CC(C)=O. The van der Waals surface area contributed by atoms with Gasteiger partial charge in [-0.25, -0.2) is 0 Å². The van der Waals surface area contributed by atoms with Gasteiger partial charge in [-0.05, 0) is 25.7 Å². The van der Waals surface area contributed by atoms with Crippen LogP contribution in [0.2, 0.25) is 0 Å². The van der Waals surface area contributed by atoms with Gasteiger partial charge in [0.1, 0.15) is 11.6 Å². The third-order valence-corrected chi connectivity index (χ3v) is 3.30. The van der Waals surface area contributed by atoms with Gasteiger partial charge in [-0.2, -0.15) is 0 Å². The molecule has 0 aromatic rings. The van der Waals surface area contributed by atoms with Gasteiger partial charge in [-0.15, -0.1) is 0 Å². The molecule has 0 heterocycles. The minimum absolute atomic E-state index is 0.0329. The number of hydrogen-bond acceptors (Lipinski definition) is 2. The van der Waals surface area contributed by atoms with E-state index in [0.717, 1.165) is 19.3 Å². The number of carbonyl (C=O) groups excluding carboxylic acids is 2. The number of rotatable bonds is 9. The zero-order chi connectivity index (χ0) is 12.6. The summed E-state index contributed by atoms with van der Waals surface area (Å²) in [6.07, 6.45) is 5.15. The number of ketones is 2. The predicted molar refractivity (Wildman–Crippen MR) is 67.4 cm³/mol. The van der Waals surface area contributed by atoms with Gasteiger partial charge in [-0.1, -0.05) is 33.6 Å². The first-order valence-electron chi connectivity index (χ1n) is 6.53. The summed E-state index contributed by atoms with van der Waals surface area (Å²) >= 11 is 0. The summed E-state index contributed by atoms with van der Waals surface area (Å²) in [5.74, 6) is 1.08. The van der Waals surface area contributed by atoms with Crippen LogP contribution in [-0.4, -0.2) is 11.6 Å². The van der Waals surface area contributed by atoms with Crippen LogP contribution < -0.4 is 0 Å². The Labute approximate surface area is 99.8 Å². The molecule has 0 bridgehead atoms. The van der Waals surface area contributed by atoms with Crippen LogP contribution in [0.15, 0.2) is 0 Å². The molecule has 0 aromatic carbocycles. The van der Waals surface area contributed by atoms with Crippen LogP contribution in [0.5, 0.6) is 0 Å². The maximum Gasteiger partial charge on any atom is 0.136 e. The standard InChI is InChI=1S/C14H26O2/c1-5-11(3)8-7-9-14(16)13(6-2)10-12(4)15/h11,13H,5-10H2,1-4H3. The van der Waals surface area contributed by atoms with Crippen molar-refractivity contribution in [3.63, 3.8) is 0 Å². The smallest absolute Gasteiger partial charge is 0.136 e. The van der Waals surface area contributed by atoms with E-state index in [1.165, 1.54) is 6.42 Å². The Morgan fingerprint density at radius 1 is 1.12 bits per heavy atom. The zero-order valence-corrected chi connectivity index (χ0v) is 11.2. The molecule has 94 valence electrons. The molecule has 0 N–H and O–H groups in total. The summed E-state index contributed by atoms with van der Waals surface area (Å²) in [6.45, 7) is 7.95. The van der Waals surface area contributed by atoms with Crippen molar-refractivity contribution in [2.24, 2.45) is 11.8 Å². The quantitative estimate of drug-likeness (QED) is 0.599. The molecule has 0 aliphatic heterocycles. The molecule has 16 heavy (non-hydrogen) atoms. The van der Waals surface area contributed by atoms with Crippen molar-refractivity contribution in [3.8, 4) is 0 Å². The maximum absolute atomic E-state index is 11.8. The lowest BCUT2D eigenvalue weighted by atomic mass is 9.91. The molecule has 0 aliphatic carbocycles. The molecular formula is C14H26O2. The molecule has 0 saturated heterocycles. The van der Waals surface area contributed by atoms with Crippen molar-refractivity contribution in [1.82, 2.24) is 0 Å². The van der Waals surface area contributed by atoms with Gasteiger partial charge in [0.25, 0.3) is 0 Å². The van der Waals surface area contributed by atoms with Crippen molar-refractivity contribution < 1.29 is 9.59 Å². The first kappa shape index (κ1) is 15.3. The maximum atomic E-state index is 11.8. The van der Waals surface area contributed by atoms with Crippen molar-refractivity contribution in [2.45, 2.75) is 66.2 Å². The second kappa shape index (κ2) is 8.49. The van der Waals surface area contributed by atoms with E-state index >= 15 is 0 Å². The van der Waals surface area contributed by atoms with E-state index in [4.69, 9.17) is 0 Å². The largest absolute Gasteiger partial charge is 0.300 e. The molecule has 0 saturated carbocycles. The average molecular weight is 226 g/mol. The highest BCUT2D eigenvalue weighted by molar-refractivity contribution is 5.86. The molecule has 2 nitrogen and oxygen atoms in total. The lowest BCUT2D eigenvalue weighted by molar-refractivity contribution is -0.127. The fourth-order valence-corrected chi connectivity index (χ4v) is 1.87. The Balaban J connectivity index is 3.88. The minimum Gasteiger partial charge on any atom is -0.300 e. The molecule has 0 aromatic heterocycles. The van der Waals surface area contributed by atoms with E-state index in [0.29, 0.717) is 18.8 Å². The highest BCUT2D eigenvalue weighted by atomic mass is 16.1. The molecular weight excluding hydrogens is 200 g/mol. The van der Waals surface area contributed by atoms with Gasteiger partial charge in [0, 0.05) is 18.8 Å². The molecule has 0 aliphatic rings. The van der Waals surface area contributed by atoms with Gasteiger partial charge >= 0.3 is 0 Å². The Morgan fingerprint density at radius 3 is 2.19 bits per heavy atom. The van der Waals surface area contributed by atoms with Crippen LogP contribution in [0.25, 0.3) is 0 Å². The minimum atomic E-state index is -0.0329. The predicted octanol–water partition coefficient (Wildman–Crippen LogP) is 3.78.